The first-order valence-corrected chi connectivity index (χ1v) is 8.41. The third kappa shape index (κ3) is 3.79. The Morgan fingerprint density at radius 3 is 2.57 bits per heavy atom. The maximum Gasteiger partial charge on any atom is 0.338 e. The second-order valence-electron chi connectivity index (χ2n) is 4.58. The molecule has 1 saturated heterocycles. The number of carbonyl (C=O) groups is 1. The molecular formula is C12H13BrFNO5S. The van der Waals surface area contributed by atoms with E-state index in [0.717, 1.165) is 12.1 Å². The Hall–Kier alpha value is -1.03. The highest BCUT2D eigenvalue weighted by Gasteiger charge is 2.28. The molecule has 0 aromatic heterocycles. The Labute approximate surface area is 129 Å². The minimum atomic E-state index is -4.14. The normalized spacial score (nSPS) is 16.9. The van der Waals surface area contributed by atoms with Gasteiger partial charge in [-0.05, 0) is 25.0 Å². The molecule has 1 heterocycles. The molecule has 0 bridgehead atoms. The number of sulfonamides is 1. The number of hydrogen-bond donors (Lipinski definition) is 2. The zero-order valence-corrected chi connectivity index (χ0v) is 13.2. The van der Waals surface area contributed by atoms with Gasteiger partial charge in [0.1, 0.15) is 4.90 Å². The Kier molecular flexibility index (Phi) is 4.97. The molecule has 1 aliphatic rings. The van der Waals surface area contributed by atoms with Crippen LogP contribution in [0.2, 0.25) is 0 Å². The predicted octanol–water partition coefficient (Wildman–Crippen LogP) is 1.74. The minimum Gasteiger partial charge on any atom is -0.478 e. The fourth-order valence-electron chi connectivity index (χ4n) is 2.01. The SMILES string of the molecule is O=C(O)c1cc(Br)cc(S(=O)(=O)NC2CCOCC2)c1F. The van der Waals surface area contributed by atoms with Crippen molar-refractivity contribution >= 4 is 31.9 Å². The van der Waals surface area contributed by atoms with E-state index in [-0.39, 0.29) is 10.5 Å². The first-order chi connectivity index (χ1) is 9.81. The van der Waals surface area contributed by atoms with Gasteiger partial charge in [0.15, 0.2) is 5.82 Å². The van der Waals surface area contributed by atoms with Crippen LogP contribution in [-0.4, -0.2) is 38.7 Å². The zero-order valence-electron chi connectivity index (χ0n) is 10.8. The van der Waals surface area contributed by atoms with Crippen molar-refractivity contribution in [1.82, 2.24) is 4.72 Å². The summed E-state index contributed by atoms with van der Waals surface area (Å²) in [5, 5.41) is 8.91. The van der Waals surface area contributed by atoms with Crippen LogP contribution in [0.4, 0.5) is 4.39 Å². The Balaban J connectivity index is 2.37. The van der Waals surface area contributed by atoms with Gasteiger partial charge in [0.2, 0.25) is 10.0 Å². The highest BCUT2D eigenvalue weighted by molar-refractivity contribution is 9.10. The summed E-state index contributed by atoms with van der Waals surface area (Å²) in [5.41, 5.74) is -0.697. The van der Waals surface area contributed by atoms with Crippen molar-refractivity contribution in [3.05, 3.63) is 28.0 Å². The minimum absolute atomic E-state index is 0.175. The van der Waals surface area contributed by atoms with Crippen molar-refractivity contribution in [2.75, 3.05) is 13.2 Å². The Bertz CT molecular complexity index is 658. The Morgan fingerprint density at radius 2 is 2.00 bits per heavy atom. The smallest absolute Gasteiger partial charge is 0.338 e. The summed E-state index contributed by atoms with van der Waals surface area (Å²) in [4.78, 5) is 10.3. The molecule has 116 valence electrons. The third-order valence-electron chi connectivity index (χ3n) is 3.07. The summed E-state index contributed by atoms with van der Waals surface area (Å²) < 4.78 is 46.3. The monoisotopic (exact) mass is 381 g/mol. The van der Waals surface area contributed by atoms with E-state index in [1.807, 2.05) is 0 Å². The average molecular weight is 382 g/mol. The molecule has 0 amide bonds. The van der Waals surface area contributed by atoms with Gasteiger partial charge in [-0.15, -0.1) is 0 Å². The van der Waals surface area contributed by atoms with E-state index in [1.54, 1.807) is 0 Å². The molecule has 6 nitrogen and oxygen atoms in total. The second kappa shape index (κ2) is 6.39. The van der Waals surface area contributed by atoms with Gasteiger partial charge >= 0.3 is 5.97 Å². The van der Waals surface area contributed by atoms with Crippen molar-refractivity contribution in [3.8, 4) is 0 Å². The third-order valence-corrected chi connectivity index (χ3v) is 5.04. The standard InChI is InChI=1S/C12H13BrFNO5S/c13-7-5-9(12(16)17)11(14)10(6-7)21(18,19)15-8-1-3-20-4-2-8/h5-6,8,15H,1-4H2,(H,16,17). The van der Waals surface area contributed by atoms with Crippen LogP contribution in [0.3, 0.4) is 0 Å². The van der Waals surface area contributed by atoms with E-state index in [1.165, 1.54) is 0 Å². The number of rotatable bonds is 4. The van der Waals surface area contributed by atoms with Crippen LogP contribution in [0.5, 0.6) is 0 Å². The number of aromatic carboxylic acids is 1. The molecular weight excluding hydrogens is 369 g/mol. The molecule has 0 radical (unpaired) electrons. The fourth-order valence-corrected chi connectivity index (χ4v) is 4.05. The largest absolute Gasteiger partial charge is 0.478 e. The van der Waals surface area contributed by atoms with Crippen molar-refractivity contribution in [2.24, 2.45) is 0 Å². The van der Waals surface area contributed by atoms with E-state index in [4.69, 9.17) is 9.84 Å². The lowest BCUT2D eigenvalue weighted by Crippen LogP contribution is -2.39. The van der Waals surface area contributed by atoms with Gasteiger partial charge in [0.05, 0.1) is 5.56 Å². The molecule has 0 unspecified atom stereocenters. The number of hydrogen-bond acceptors (Lipinski definition) is 4. The molecule has 1 aliphatic heterocycles. The van der Waals surface area contributed by atoms with Crippen molar-refractivity contribution in [2.45, 2.75) is 23.8 Å². The van der Waals surface area contributed by atoms with Crippen LogP contribution < -0.4 is 4.72 Å². The van der Waals surface area contributed by atoms with E-state index in [2.05, 4.69) is 20.7 Å². The number of carboxylic acids is 1. The van der Waals surface area contributed by atoms with Gasteiger partial charge < -0.3 is 9.84 Å². The molecule has 2 N–H and O–H groups in total. The first kappa shape index (κ1) is 16.3. The summed E-state index contributed by atoms with van der Waals surface area (Å²) in [7, 11) is -4.14. The molecule has 0 aliphatic carbocycles. The Morgan fingerprint density at radius 1 is 1.38 bits per heavy atom. The maximum absolute atomic E-state index is 14.1. The van der Waals surface area contributed by atoms with Gasteiger partial charge in [-0.25, -0.2) is 22.3 Å². The van der Waals surface area contributed by atoms with E-state index in [9.17, 15) is 17.6 Å². The predicted molar refractivity (Wildman–Crippen MR) is 75.2 cm³/mol. The van der Waals surface area contributed by atoms with Gasteiger partial charge in [0, 0.05) is 23.7 Å². The van der Waals surface area contributed by atoms with Crippen LogP contribution in [0.15, 0.2) is 21.5 Å². The fraction of sp³-hybridized carbons (Fsp3) is 0.417. The lowest BCUT2D eigenvalue weighted by atomic mass is 10.1. The van der Waals surface area contributed by atoms with Gasteiger partial charge in [-0.1, -0.05) is 15.9 Å². The maximum atomic E-state index is 14.1. The van der Waals surface area contributed by atoms with Crippen LogP contribution in [0, 0.1) is 5.82 Å². The number of ether oxygens (including phenoxy) is 1. The van der Waals surface area contributed by atoms with Crippen LogP contribution in [-0.2, 0) is 14.8 Å². The summed E-state index contributed by atoms with van der Waals surface area (Å²) in [6.45, 7) is 0.850. The molecule has 9 heteroatoms. The first-order valence-electron chi connectivity index (χ1n) is 6.13. The van der Waals surface area contributed by atoms with Gasteiger partial charge in [-0.3, -0.25) is 0 Å². The van der Waals surface area contributed by atoms with Crippen LogP contribution in [0.25, 0.3) is 0 Å². The number of benzene rings is 1. The molecule has 2 rings (SSSR count). The van der Waals surface area contributed by atoms with Gasteiger partial charge in [0.25, 0.3) is 0 Å². The van der Waals surface area contributed by atoms with E-state index < -0.39 is 32.3 Å². The topological polar surface area (TPSA) is 92.7 Å². The molecule has 1 aromatic carbocycles. The molecule has 0 atom stereocenters. The molecule has 1 aromatic rings. The highest BCUT2D eigenvalue weighted by atomic mass is 79.9. The van der Waals surface area contributed by atoms with E-state index >= 15 is 0 Å². The molecule has 0 saturated carbocycles. The summed E-state index contributed by atoms with van der Waals surface area (Å²) >= 11 is 2.99. The van der Waals surface area contributed by atoms with E-state index in [0.29, 0.717) is 26.1 Å². The number of carboxylic acid groups (broad SMARTS) is 1. The number of halogens is 2. The highest BCUT2D eigenvalue weighted by Crippen LogP contribution is 2.25. The zero-order chi connectivity index (χ0) is 15.6. The lowest BCUT2D eigenvalue weighted by molar-refractivity contribution is 0.0691. The van der Waals surface area contributed by atoms with Crippen molar-refractivity contribution in [1.29, 1.82) is 0 Å². The van der Waals surface area contributed by atoms with Crippen molar-refractivity contribution < 1.29 is 27.4 Å². The quantitative estimate of drug-likeness (QED) is 0.828. The molecule has 0 spiro atoms. The molecule has 21 heavy (non-hydrogen) atoms. The lowest BCUT2D eigenvalue weighted by Gasteiger charge is -2.23. The van der Waals surface area contributed by atoms with Crippen LogP contribution in [0.1, 0.15) is 23.2 Å². The second-order valence-corrected chi connectivity index (χ2v) is 7.18. The summed E-state index contributed by atoms with van der Waals surface area (Å²) in [5.74, 6) is -2.80. The van der Waals surface area contributed by atoms with Crippen molar-refractivity contribution in [3.63, 3.8) is 0 Å². The number of nitrogens with one attached hydrogen (secondary N) is 1. The van der Waals surface area contributed by atoms with Crippen LogP contribution >= 0.6 is 15.9 Å². The summed E-state index contributed by atoms with van der Waals surface area (Å²) in [6, 6.07) is 1.71. The summed E-state index contributed by atoms with van der Waals surface area (Å²) in [6.07, 6.45) is 0.973. The molecule has 1 fully saturated rings. The average Bonchev–Trinajstić information content (AvgIpc) is 2.41. The van der Waals surface area contributed by atoms with Gasteiger partial charge in [-0.2, -0.15) is 0 Å².